The first-order valence-electron chi connectivity index (χ1n) is 4.84. The number of nitrogens with zero attached hydrogens (tertiary/aromatic N) is 2. The van der Waals surface area contributed by atoms with Crippen molar-refractivity contribution in [2.75, 3.05) is 12.0 Å². The number of alkyl halides is 1. The van der Waals surface area contributed by atoms with Gasteiger partial charge in [0, 0.05) is 0 Å². The van der Waals surface area contributed by atoms with Crippen LogP contribution in [0.1, 0.15) is 24.3 Å². The van der Waals surface area contributed by atoms with Crippen molar-refractivity contribution >= 4 is 22.4 Å². The van der Waals surface area contributed by atoms with Crippen molar-refractivity contribution in [2.24, 2.45) is 5.41 Å². The summed E-state index contributed by atoms with van der Waals surface area (Å²) >= 11 is 1.30. The summed E-state index contributed by atoms with van der Waals surface area (Å²) < 4.78 is 12.8. The van der Waals surface area contributed by atoms with Gasteiger partial charge < -0.3 is 0 Å². The third-order valence-electron chi connectivity index (χ3n) is 2.79. The van der Waals surface area contributed by atoms with Crippen molar-refractivity contribution in [3.05, 3.63) is 5.01 Å². The van der Waals surface area contributed by atoms with Crippen LogP contribution in [0.2, 0.25) is 0 Å². The third-order valence-corrected chi connectivity index (χ3v) is 3.55. The lowest BCUT2D eigenvalue weighted by molar-refractivity contribution is -0.131. The van der Waals surface area contributed by atoms with Gasteiger partial charge in [-0.1, -0.05) is 17.8 Å². The van der Waals surface area contributed by atoms with Crippen molar-refractivity contribution in [3.8, 4) is 0 Å². The molecule has 0 aliphatic heterocycles. The molecule has 1 aliphatic rings. The van der Waals surface area contributed by atoms with E-state index in [4.69, 9.17) is 0 Å². The maximum absolute atomic E-state index is 12.8. The summed E-state index contributed by atoms with van der Waals surface area (Å²) in [5, 5.41) is 11.4. The van der Waals surface area contributed by atoms with Gasteiger partial charge in [0.25, 0.3) is 0 Å². The second-order valence-corrected chi connectivity index (χ2v) is 5.03. The normalized spacial score (nSPS) is 18.3. The van der Waals surface area contributed by atoms with Crippen molar-refractivity contribution in [3.63, 3.8) is 0 Å². The summed E-state index contributed by atoms with van der Waals surface area (Å²) in [6, 6.07) is 0. The fraction of sp³-hybridized carbons (Fsp3) is 0.667. The Bertz CT molecular complexity index is 370. The number of rotatable bonds is 3. The van der Waals surface area contributed by atoms with E-state index < -0.39 is 12.1 Å². The fourth-order valence-corrected chi connectivity index (χ4v) is 2.19. The lowest BCUT2D eigenvalue weighted by Crippen LogP contribution is -2.43. The third kappa shape index (κ3) is 1.86. The number of amides is 1. The maximum atomic E-state index is 12.8. The van der Waals surface area contributed by atoms with Crippen LogP contribution in [0.15, 0.2) is 0 Å². The quantitative estimate of drug-likeness (QED) is 0.861. The van der Waals surface area contributed by atoms with Gasteiger partial charge in [-0.05, 0) is 19.8 Å². The molecule has 1 N–H and O–H groups in total. The van der Waals surface area contributed by atoms with E-state index in [1.807, 2.05) is 6.92 Å². The molecule has 0 radical (unpaired) electrons. The summed E-state index contributed by atoms with van der Waals surface area (Å²) in [5.74, 6) is -0.257. The number of anilines is 1. The van der Waals surface area contributed by atoms with Gasteiger partial charge in [-0.2, -0.15) is 0 Å². The van der Waals surface area contributed by atoms with E-state index in [2.05, 4.69) is 15.5 Å². The maximum Gasteiger partial charge on any atom is 0.235 e. The average molecular weight is 229 g/mol. The number of carbonyl (C=O) groups excluding carboxylic acids is 1. The molecule has 1 heterocycles. The molecule has 1 fully saturated rings. The molecule has 6 heteroatoms. The molecule has 0 bridgehead atoms. The molecule has 0 saturated heterocycles. The minimum Gasteiger partial charge on any atom is -0.300 e. The largest absolute Gasteiger partial charge is 0.300 e. The molecule has 0 spiro atoms. The highest BCUT2D eigenvalue weighted by Crippen LogP contribution is 2.42. The van der Waals surface area contributed by atoms with Crippen molar-refractivity contribution in [2.45, 2.75) is 26.2 Å². The smallest absolute Gasteiger partial charge is 0.235 e. The van der Waals surface area contributed by atoms with E-state index in [1.165, 1.54) is 11.3 Å². The van der Waals surface area contributed by atoms with Crippen molar-refractivity contribution in [1.29, 1.82) is 0 Å². The molecule has 0 atom stereocenters. The Kier molecular flexibility index (Phi) is 2.68. The Balaban J connectivity index is 2.03. The van der Waals surface area contributed by atoms with Gasteiger partial charge in [0.05, 0.1) is 5.41 Å². The number of aromatic nitrogens is 2. The Hall–Kier alpha value is -1.04. The number of hydrogen-bond acceptors (Lipinski definition) is 4. The van der Waals surface area contributed by atoms with Crippen LogP contribution >= 0.6 is 11.3 Å². The molecule has 1 aromatic rings. The highest BCUT2D eigenvalue weighted by Gasteiger charge is 2.44. The Labute approximate surface area is 90.9 Å². The number of hydrogen-bond donors (Lipinski definition) is 1. The summed E-state index contributed by atoms with van der Waals surface area (Å²) in [6.07, 6.45) is 2.19. The lowest BCUT2D eigenvalue weighted by atomic mass is 9.69. The van der Waals surface area contributed by atoms with Gasteiger partial charge in [0.1, 0.15) is 11.7 Å². The van der Waals surface area contributed by atoms with Gasteiger partial charge in [0.2, 0.25) is 11.0 Å². The highest BCUT2D eigenvalue weighted by atomic mass is 32.1. The van der Waals surface area contributed by atoms with Crippen LogP contribution in [0, 0.1) is 12.3 Å². The van der Waals surface area contributed by atoms with E-state index in [1.54, 1.807) is 0 Å². The molecule has 1 aromatic heterocycles. The monoisotopic (exact) mass is 229 g/mol. The van der Waals surface area contributed by atoms with E-state index >= 15 is 0 Å². The molecule has 82 valence electrons. The predicted molar refractivity (Wildman–Crippen MR) is 55.5 cm³/mol. The van der Waals surface area contributed by atoms with Crippen LogP contribution < -0.4 is 5.32 Å². The summed E-state index contributed by atoms with van der Waals surface area (Å²) in [6.45, 7) is 1.22. The minimum absolute atomic E-state index is 0.257. The molecular formula is C9H12FN3OS. The molecular weight excluding hydrogens is 217 g/mol. The molecule has 4 nitrogen and oxygen atoms in total. The highest BCUT2D eigenvalue weighted by molar-refractivity contribution is 7.15. The minimum atomic E-state index is -0.792. The summed E-state index contributed by atoms with van der Waals surface area (Å²) in [5.41, 5.74) is -0.792. The average Bonchev–Trinajstić information content (AvgIpc) is 2.50. The second kappa shape index (κ2) is 3.84. The first kappa shape index (κ1) is 10.5. The van der Waals surface area contributed by atoms with E-state index in [9.17, 15) is 9.18 Å². The topological polar surface area (TPSA) is 54.9 Å². The Morgan fingerprint density at radius 3 is 2.73 bits per heavy atom. The van der Waals surface area contributed by atoms with Gasteiger partial charge in [-0.3, -0.25) is 10.1 Å². The summed E-state index contributed by atoms with van der Waals surface area (Å²) in [7, 11) is 0. The fourth-order valence-electron chi connectivity index (χ4n) is 1.60. The van der Waals surface area contributed by atoms with Crippen LogP contribution in [0.4, 0.5) is 9.52 Å². The zero-order chi connectivity index (χ0) is 10.9. The van der Waals surface area contributed by atoms with Gasteiger partial charge in [0.15, 0.2) is 0 Å². The second-order valence-electron chi connectivity index (χ2n) is 3.85. The van der Waals surface area contributed by atoms with Crippen molar-refractivity contribution in [1.82, 2.24) is 10.2 Å². The van der Waals surface area contributed by atoms with E-state index in [0.717, 1.165) is 11.4 Å². The Morgan fingerprint density at radius 2 is 2.33 bits per heavy atom. The predicted octanol–water partition coefficient (Wildman–Crippen LogP) is 1.92. The van der Waals surface area contributed by atoms with Crippen LogP contribution in [0.25, 0.3) is 0 Å². The lowest BCUT2D eigenvalue weighted by Gasteiger charge is -2.37. The number of aryl methyl sites for hydroxylation is 1. The molecule has 1 saturated carbocycles. The van der Waals surface area contributed by atoms with Gasteiger partial charge in [-0.15, -0.1) is 10.2 Å². The number of carbonyl (C=O) groups is 1. The first-order chi connectivity index (χ1) is 7.16. The molecule has 0 unspecified atom stereocenters. The SMILES string of the molecule is Cc1nnc(NC(=O)C2(CF)CCC2)s1. The molecule has 15 heavy (non-hydrogen) atoms. The zero-order valence-electron chi connectivity index (χ0n) is 8.42. The molecule has 1 amide bonds. The number of halogens is 1. The van der Waals surface area contributed by atoms with Gasteiger partial charge >= 0.3 is 0 Å². The number of nitrogens with one attached hydrogen (secondary N) is 1. The standard InChI is InChI=1S/C9H12FN3OS/c1-6-12-13-8(15-6)11-7(14)9(5-10)3-2-4-9/h2-5H2,1H3,(H,11,13,14). The molecule has 0 aromatic carbocycles. The van der Waals surface area contributed by atoms with Crippen molar-refractivity contribution < 1.29 is 9.18 Å². The first-order valence-corrected chi connectivity index (χ1v) is 5.65. The van der Waals surface area contributed by atoms with Gasteiger partial charge in [-0.25, -0.2) is 4.39 Å². The van der Waals surface area contributed by atoms with E-state index in [0.29, 0.717) is 18.0 Å². The zero-order valence-corrected chi connectivity index (χ0v) is 9.23. The van der Waals surface area contributed by atoms with Crippen LogP contribution in [0.3, 0.4) is 0 Å². The van der Waals surface area contributed by atoms with Crippen LogP contribution in [0.5, 0.6) is 0 Å². The summed E-state index contributed by atoms with van der Waals surface area (Å²) in [4.78, 5) is 11.7. The Morgan fingerprint density at radius 1 is 1.60 bits per heavy atom. The van der Waals surface area contributed by atoms with Crippen LogP contribution in [-0.2, 0) is 4.79 Å². The van der Waals surface area contributed by atoms with Crippen LogP contribution in [-0.4, -0.2) is 22.8 Å². The molecule has 1 aliphatic carbocycles. The van der Waals surface area contributed by atoms with E-state index in [-0.39, 0.29) is 5.91 Å². The molecule has 2 rings (SSSR count).